The minimum Gasteiger partial charge on any atom is -0.497 e. The second kappa shape index (κ2) is 9.09. The van der Waals surface area contributed by atoms with E-state index in [4.69, 9.17) is 9.47 Å². The van der Waals surface area contributed by atoms with Crippen molar-refractivity contribution in [3.05, 3.63) is 56.6 Å². The number of hydrogen-bond donors (Lipinski definition) is 1. The van der Waals surface area contributed by atoms with Crippen molar-refractivity contribution >= 4 is 0 Å². The van der Waals surface area contributed by atoms with Crippen LogP contribution in [0.1, 0.15) is 64.5 Å². The molecule has 2 aromatic carbocycles. The van der Waals surface area contributed by atoms with Crippen molar-refractivity contribution in [1.29, 1.82) is 0 Å². The molecule has 0 bridgehead atoms. The number of methoxy groups -OCH3 is 2. The highest BCUT2D eigenvalue weighted by molar-refractivity contribution is 5.57. The maximum atomic E-state index is 11.2. The van der Waals surface area contributed by atoms with Crippen molar-refractivity contribution in [2.45, 2.75) is 61.5 Å². The maximum Gasteiger partial charge on any atom is 0.125 e. The Kier molecular flexibility index (Phi) is 7.70. The van der Waals surface area contributed by atoms with Gasteiger partial charge in [0.25, 0.3) is 0 Å². The summed E-state index contributed by atoms with van der Waals surface area (Å²) >= 11 is 0. The van der Waals surface area contributed by atoms with E-state index in [1.165, 1.54) is 0 Å². The normalized spacial score (nSPS) is 11.5. The van der Waals surface area contributed by atoms with Crippen LogP contribution in [0, 0.1) is 41.5 Å². The molecule has 2 rings (SSSR count). The van der Waals surface area contributed by atoms with Gasteiger partial charge in [-0.25, -0.2) is 0 Å². The summed E-state index contributed by atoms with van der Waals surface area (Å²) < 4.78 is 10.9. The Hall–Kier alpha value is -2.00. The molecule has 0 radical (unpaired) electrons. The molecule has 0 heterocycles. The van der Waals surface area contributed by atoms with E-state index in [1.54, 1.807) is 14.2 Å². The van der Waals surface area contributed by atoms with Crippen LogP contribution in [0.5, 0.6) is 11.5 Å². The Bertz CT molecular complexity index is 723. The van der Waals surface area contributed by atoms with Crippen LogP contribution in [-0.2, 0) is 0 Å². The standard InChI is InChI=1S/C21H28O3.C2H6/c1-11-9-17(23-7)10-12(2)18(11)20(22)19-13(3)15(5)21(24-8)16(6)14(19)4;1-2/h9-10,20,22H,1-8H3;1-2H3. The lowest BCUT2D eigenvalue weighted by Gasteiger charge is -2.25. The first kappa shape index (κ1) is 22.0. The average Bonchev–Trinajstić information content (AvgIpc) is 2.61. The van der Waals surface area contributed by atoms with Gasteiger partial charge in [-0.1, -0.05) is 13.8 Å². The van der Waals surface area contributed by atoms with E-state index in [1.807, 2.05) is 53.7 Å². The SMILES string of the molecule is CC.COc1cc(C)c(C(O)c2c(C)c(C)c(OC)c(C)c2C)c(C)c1. The van der Waals surface area contributed by atoms with E-state index in [-0.39, 0.29) is 0 Å². The molecule has 3 heteroatoms. The molecule has 0 amide bonds. The van der Waals surface area contributed by atoms with Gasteiger partial charge in [-0.3, -0.25) is 0 Å². The van der Waals surface area contributed by atoms with Gasteiger partial charge >= 0.3 is 0 Å². The molecule has 0 saturated heterocycles. The van der Waals surface area contributed by atoms with Gasteiger partial charge in [0.2, 0.25) is 0 Å². The van der Waals surface area contributed by atoms with Gasteiger partial charge < -0.3 is 14.6 Å². The molecule has 0 aliphatic carbocycles. The Morgan fingerprint density at radius 1 is 0.692 bits per heavy atom. The van der Waals surface area contributed by atoms with E-state index in [9.17, 15) is 5.11 Å². The minimum absolute atomic E-state index is 0.667. The Morgan fingerprint density at radius 3 is 1.46 bits per heavy atom. The fourth-order valence-corrected chi connectivity index (χ4v) is 3.65. The van der Waals surface area contributed by atoms with Crippen molar-refractivity contribution in [3.8, 4) is 11.5 Å². The summed E-state index contributed by atoms with van der Waals surface area (Å²) in [4.78, 5) is 0. The summed E-state index contributed by atoms with van der Waals surface area (Å²) in [7, 11) is 3.36. The Morgan fingerprint density at radius 2 is 1.12 bits per heavy atom. The van der Waals surface area contributed by atoms with Gasteiger partial charge in [0.05, 0.1) is 14.2 Å². The summed E-state index contributed by atoms with van der Waals surface area (Å²) in [6.45, 7) is 16.2. The lowest BCUT2D eigenvalue weighted by Crippen LogP contribution is -2.11. The molecule has 3 nitrogen and oxygen atoms in total. The molecule has 144 valence electrons. The molecular formula is C23H34O3. The predicted octanol–water partition coefficient (Wildman–Crippen LogP) is 5.66. The van der Waals surface area contributed by atoms with Gasteiger partial charge in [-0.2, -0.15) is 0 Å². The van der Waals surface area contributed by atoms with Crippen LogP contribution in [0.2, 0.25) is 0 Å². The monoisotopic (exact) mass is 358 g/mol. The van der Waals surface area contributed by atoms with E-state index in [0.717, 1.165) is 56.0 Å². The maximum absolute atomic E-state index is 11.2. The molecule has 1 N–H and O–H groups in total. The van der Waals surface area contributed by atoms with E-state index >= 15 is 0 Å². The van der Waals surface area contributed by atoms with Crippen molar-refractivity contribution in [1.82, 2.24) is 0 Å². The molecule has 1 atom stereocenters. The fraction of sp³-hybridized carbons (Fsp3) is 0.478. The average molecular weight is 359 g/mol. The van der Waals surface area contributed by atoms with Crippen LogP contribution >= 0.6 is 0 Å². The van der Waals surface area contributed by atoms with Crippen LogP contribution in [0.3, 0.4) is 0 Å². The lowest BCUT2D eigenvalue weighted by atomic mass is 9.85. The van der Waals surface area contributed by atoms with Crippen LogP contribution in [0.4, 0.5) is 0 Å². The van der Waals surface area contributed by atoms with Crippen LogP contribution in [-0.4, -0.2) is 19.3 Å². The second-order valence-corrected chi connectivity index (χ2v) is 6.52. The third kappa shape index (κ3) is 3.88. The molecule has 0 saturated carbocycles. The molecule has 0 fully saturated rings. The topological polar surface area (TPSA) is 38.7 Å². The number of ether oxygens (including phenoxy) is 2. The molecule has 0 spiro atoms. The largest absolute Gasteiger partial charge is 0.497 e. The predicted molar refractivity (Wildman–Crippen MR) is 110 cm³/mol. The highest BCUT2D eigenvalue weighted by Gasteiger charge is 2.24. The summed E-state index contributed by atoms with van der Waals surface area (Å²) in [5.74, 6) is 1.72. The minimum atomic E-state index is -0.667. The smallest absolute Gasteiger partial charge is 0.125 e. The van der Waals surface area contributed by atoms with Gasteiger partial charge in [-0.15, -0.1) is 0 Å². The summed E-state index contributed by atoms with van der Waals surface area (Å²) in [6.07, 6.45) is -0.667. The van der Waals surface area contributed by atoms with Crippen LogP contribution < -0.4 is 9.47 Å². The molecule has 0 aliphatic rings. The van der Waals surface area contributed by atoms with Crippen molar-refractivity contribution in [3.63, 3.8) is 0 Å². The third-order valence-electron chi connectivity index (χ3n) is 5.17. The van der Waals surface area contributed by atoms with Crippen LogP contribution in [0.15, 0.2) is 12.1 Å². The van der Waals surface area contributed by atoms with Crippen molar-refractivity contribution in [2.24, 2.45) is 0 Å². The molecule has 2 aromatic rings. The first-order chi connectivity index (χ1) is 12.2. The zero-order valence-electron chi connectivity index (χ0n) is 18.0. The van der Waals surface area contributed by atoms with Gasteiger partial charge in [-0.05, 0) is 98.2 Å². The zero-order chi connectivity index (χ0) is 20.2. The number of aliphatic hydroxyl groups excluding tert-OH is 1. The van der Waals surface area contributed by atoms with Crippen molar-refractivity contribution < 1.29 is 14.6 Å². The van der Waals surface area contributed by atoms with Crippen molar-refractivity contribution in [2.75, 3.05) is 14.2 Å². The van der Waals surface area contributed by atoms with E-state index in [2.05, 4.69) is 13.8 Å². The first-order valence-electron chi connectivity index (χ1n) is 9.21. The third-order valence-corrected chi connectivity index (χ3v) is 5.17. The highest BCUT2D eigenvalue weighted by atomic mass is 16.5. The molecule has 0 aromatic heterocycles. The molecule has 26 heavy (non-hydrogen) atoms. The fourth-order valence-electron chi connectivity index (χ4n) is 3.65. The molecule has 0 aliphatic heterocycles. The number of hydrogen-bond acceptors (Lipinski definition) is 3. The Labute approximate surface area is 159 Å². The second-order valence-electron chi connectivity index (χ2n) is 6.52. The number of aryl methyl sites for hydroxylation is 2. The molecule has 1 unspecified atom stereocenters. The number of rotatable bonds is 4. The first-order valence-corrected chi connectivity index (χ1v) is 9.21. The van der Waals surface area contributed by atoms with E-state index in [0.29, 0.717) is 0 Å². The summed E-state index contributed by atoms with van der Waals surface area (Å²) in [5, 5.41) is 11.2. The summed E-state index contributed by atoms with van der Waals surface area (Å²) in [6, 6.07) is 3.94. The van der Waals surface area contributed by atoms with Crippen LogP contribution in [0.25, 0.3) is 0 Å². The number of benzene rings is 2. The van der Waals surface area contributed by atoms with Gasteiger partial charge in [0.15, 0.2) is 0 Å². The highest BCUT2D eigenvalue weighted by Crippen LogP contribution is 2.39. The van der Waals surface area contributed by atoms with Gasteiger partial charge in [0.1, 0.15) is 17.6 Å². The molecular weight excluding hydrogens is 324 g/mol. The van der Waals surface area contributed by atoms with Gasteiger partial charge in [0, 0.05) is 0 Å². The number of aliphatic hydroxyl groups is 1. The quantitative estimate of drug-likeness (QED) is 0.766. The lowest BCUT2D eigenvalue weighted by molar-refractivity contribution is 0.216. The van der Waals surface area contributed by atoms with E-state index < -0.39 is 6.10 Å². The zero-order valence-corrected chi connectivity index (χ0v) is 18.0. The Balaban J connectivity index is 0.00000163. The summed E-state index contributed by atoms with van der Waals surface area (Å²) in [5.41, 5.74) is 8.31.